The first-order chi connectivity index (χ1) is 9.02. The van der Waals surface area contributed by atoms with Crippen LogP contribution in [0.2, 0.25) is 0 Å². The summed E-state index contributed by atoms with van der Waals surface area (Å²) in [5, 5.41) is 0. The standard InChI is InChI=1S/C14H26N2O.C2H6/c1-12(2)13(17)16-10-6-14(7-11-16)4-8-15(3)9-5-14;1-2/h12H,4-11H2,1-3H3;1-2H3. The molecule has 0 saturated carbocycles. The van der Waals surface area contributed by atoms with Gasteiger partial charge >= 0.3 is 0 Å². The summed E-state index contributed by atoms with van der Waals surface area (Å²) in [5.41, 5.74) is 0.556. The number of nitrogens with zero attached hydrogens (tertiary/aromatic N) is 2. The van der Waals surface area contributed by atoms with Crippen molar-refractivity contribution in [3.05, 3.63) is 0 Å². The summed E-state index contributed by atoms with van der Waals surface area (Å²) in [7, 11) is 2.21. The molecule has 2 aliphatic heterocycles. The smallest absolute Gasteiger partial charge is 0.225 e. The van der Waals surface area contributed by atoms with Crippen molar-refractivity contribution >= 4 is 5.91 Å². The van der Waals surface area contributed by atoms with Crippen LogP contribution in [0.1, 0.15) is 53.4 Å². The van der Waals surface area contributed by atoms with Crippen LogP contribution in [0.5, 0.6) is 0 Å². The summed E-state index contributed by atoms with van der Waals surface area (Å²) in [6.45, 7) is 12.4. The van der Waals surface area contributed by atoms with Gasteiger partial charge in [-0.25, -0.2) is 0 Å². The van der Waals surface area contributed by atoms with E-state index >= 15 is 0 Å². The van der Waals surface area contributed by atoms with E-state index in [-0.39, 0.29) is 5.92 Å². The molecule has 1 spiro atoms. The molecule has 0 radical (unpaired) electrons. The summed E-state index contributed by atoms with van der Waals surface area (Å²) >= 11 is 0. The van der Waals surface area contributed by atoms with Crippen LogP contribution in [0.25, 0.3) is 0 Å². The lowest BCUT2D eigenvalue weighted by atomic mass is 9.71. The molecule has 0 aromatic rings. The van der Waals surface area contributed by atoms with Gasteiger partial charge in [-0.3, -0.25) is 4.79 Å². The number of rotatable bonds is 1. The van der Waals surface area contributed by atoms with Crippen LogP contribution in [0.3, 0.4) is 0 Å². The van der Waals surface area contributed by atoms with Crippen LogP contribution >= 0.6 is 0 Å². The second-order valence-corrected chi connectivity index (χ2v) is 6.28. The number of carbonyl (C=O) groups is 1. The minimum Gasteiger partial charge on any atom is -0.342 e. The van der Waals surface area contributed by atoms with Gasteiger partial charge in [-0.1, -0.05) is 27.7 Å². The van der Waals surface area contributed by atoms with E-state index in [4.69, 9.17) is 0 Å². The van der Waals surface area contributed by atoms with Crippen LogP contribution < -0.4 is 0 Å². The lowest BCUT2D eigenvalue weighted by Gasteiger charge is -2.46. The molecule has 112 valence electrons. The van der Waals surface area contributed by atoms with Crippen molar-refractivity contribution < 1.29 is 4.79 Å². The largest absolute Gasteiger partial charge is 0.342 e. The molecule has 1 amide bonds. The molecule has 19 heavy (non-hydrogen) atoms. The SMILES string of the molecule is CC.CC(C)C(=O)N1CCC2(CCN(C)CC2)CC1. The predicted molar refractivity (Wildman–Crippen MR) is 81.2 cm³/mol. The Kier molecular flexibility index (Phi) is 6.31. The number of hydrogen-bond donors (Lipinski definition) is 0. The van der Waals surface area contributed by atoms with Gasteiger partial charge in [0.05, 0.1) is 0 Å². The molecule has 3 heteroatoms. The van der Waals surface area contributed by atoms with Crippen molar-refractivity contribution in [2.75, 3.05) is 33.2 Å². The zero-order valence-corrected chi connectivity index (χ0v) is 13.5. The maximum Gasteiger partial charge on any atom is 0.225 e. The zero-order valence-electron chi connectivity index (χ0n) is 13.5. The Bertz CT molecular complexity index is 270. The summed E-state index contributed by atoms with van der Waals surface area (Å²) in [5.74, 6) is 0.495. The zero-order chi connectivity index (χ0) is 14.5. The first-order valence-corrected chi connectivity index (χ1v) is 8.00. The Morgan fingerprint density at radius 1 is 0.947 bits per heavy atom. The van der Waals surface area contributed by atoms with Gasteiger partial charge in [0.15, 0.2) is 0 Å². The van der Waals surface area contributed by atoms with Crippen molar-refractivity contribution in [3.8, 4) is 0 Å². The Balaban J connectivity index is 0.000000861. The van der Waals surface area contributed by atoms with Gasteiger partial charge in [-0.05, 0) is 51.2 Å². The van der Waals surface area contributed by atoms with E-state index in [0.717, 1.165) is 13.1 Å². The highest BCUT2D eigenvalue weighted by molar-refractivity contribution is 5.78. The number of piperidine rings is 2. The van der Waals surface area contributed by atoms with Gasteiger partial charge < -0.3 is 9.80 Å². The van der Waals surface area contributed by atoms with Crippen molar-refractivity contribution in [2.24, 2.45) is 11.3 Å². The minimum absolute atomic E-state index is 0.154. The molecule has 2 saturated heterocycles. The molecule has 2 fully saturated rings. The molecule has 0 atom stereocenters. The van der Waals surface area contributed by atoms with Crippen LogP contribution in [0.4, 0.5) is 0 Å². The first kappa shape index (κ1) is 16.5. The quantitative estimate of drug-likeness (QED) is 0.730. The Morgan fingerprint density at radius 3 is 1.79 bits per heavy atom. The number of amides is 1. The van der Waals surface area contributed by atoms with Crippen LogP contribution in [-0.4, -0.2) is 48.9 Å². The third-order valence-electron chi connectivity index (χ3n) is 4.68. The van der Waals surface area contributed by atoms with Crippen molar-refractivity contribution in [1.29, 1.82) is 0 Å². The van der Waals surface area contributed by atoms with E-state index in [9.17, 15) is 4.79 Å². The molecular formula is C16H32N2O. The van der Waals surface area contributed by atoms with E-state index < -0.39 is 0 Å². The van der Waals surface area contributed by atoms with Crippen molar-refractivity contribution in [1.82, 2.24) is 9.80 Å². The summed E-state index contributed by atoms with van der Waals surface area (Å²) < 4.78 is 0. The van der Waals surface area contributed by atoms with Crippen LogP contribution in [-0.2, 0) is 4.79 Å². The molecule has 0 aliphatic carbocycles. The first-order valence-electron chi connectivity index (χ1n) is 8.00. The van der Waals surface area contributed by atoms with Crippen LogP contribution in [0, 0.1) is 11.3 Å². The molecule has 0 aromatic heterocycles. The molecule has 0 aromatic carbocycles. The minimum atomic E-state index is 0.154. The second kappa shape index (κ2) is 7.28. The van der Waals surface area contributed by atoms with Gasteiger partial charge in [0.1, 0.15) is 0 Å². The Labute approximate surface area is 119 Å². The van der Waals surface area contributed by atoms with Gasteiger partial charge in [-0.15, -0.1) is 0 Å². The fourth-order valence-corrected chi connectivity index (χ4v) is 3.16. The van der Waals surface area contributed by atoms with E-state index in [1.165, 1.54) is 38.8 Å². The molecular weight excluding hydrogens is 236 g/mol. The van der Waals surface area contributed by atoms with E-state index in [1.807, 2.05) is 27.7 Å². The monoisotopic (exact) mass is 268 g/mol. The van der Waals surface area contributed by atoms with Gasteiger partial charge in [-0.2, -0.15) is 0 Å². The number of hydrogen-bond acceptors (Lipinski definition) is 2. The highest BCUT2D eigenvalue weighted by Gasteiger charge is 2.37. The Morgan fingerprint density at radius 2 is 1.37 bits per heavy atom. The summed E-state index contributed by atoms with van der Waals surface area (Å²) in [6, 6.07) is 0. The highest BCUT2D eigenvalue weighted by Crippen LogP contribution is 2.41. The normalized spacial score (nSPS) is 23.2. The maximum atomic E-state index is 11.9. The molecule has 0 bridgehead atoms. The second-order valence-electron chi connectivity index (χ2n) is 6.28. The topological polar surface area (TPSA) is 23.6 Å². The van der Waals surface area contributed by atoms with Gasteiger partial charge in [0.25, 0.3) is 0 Å². The summed E-state index contributed by atoms with van der Waals surface area (Å²) in [6.07, 6.45) is 5.10. The molecule has 2 aliphatic rings. The molecule has 2 rings (SSSR count). The molecule has 0 N–H and O–H groups in total. The number of likely N-dealkylation sites (tertiary alicyclic amines) is 2. The lowest BCUT2D eigenvalue weighted by Crippen LogP contribution is -2.48. The highest BCUT2D eigenvalue weighted by atomic mass is 16.2. The predicted octanol–water partition coefficient (Wildman–Crippen LogP) is 3.00. The average Bonchev–Trinajstić information content (AvgIpc) is 2.45. The third-order valence-corrected chi connectivity index (χ3v) is 4.68. The number of carbonyl (C=O) groups excluding carboxylic acids is 1. The van der Waals surface area contributed by atoms with Gasteiger partial charge in [0, 0.05) is 19.0 Å². The fraction of sp³-hybridized carbons (Fsp3) is 0.938. The van der Waals surface area contributed by atoms with Crippen molar-refractivity contribution in [3.63, 3.8) is 0 Å². The average molecular weight is 268 g/mol. The lowest BCUT2D eigenvalue weighted by molar-refractivity contribution is -0.137. The fourth-order valence-electron chi connectivity index (χ4n) is 3.16. The van der Waals surface area contributed by atoms with E-state index in [0.29, 0.717) is 11.3 Å². The maximum absolute atomic E-state index is 11.9. The molecule has 0 unspecified atom stereocenters. The van der Waals surface area contributed by atoms with Gasteiger partial charge in [0.2, 0.25) is 5.91 Å². The Hall–Kier alpha value is -0.570. The van der Waals surface area contributed by atoms with E-state index in [1.54, 1.807) is 0 Å². The van der Waals surface area contributed by atoms with Crippen molar-refractivity contribution in [2.45, 2.75) is 53.4 Å². The third kappa shape index (κ3) is 4.20. The molecule has 2 heterocycles. The molecule has 3 nitrogen and oxygen atoms in total. The summed E-state index contributed by atoms with van der Waals surface area (Å²) in [4.78, 5) is 16.4. The van der Waals surface area contributed by atoms with E-state index in [2.05, 4.69) is 16.8 Å². The van der Waals surface area contributed by atoms with Crippen LogP contribution in [0.15, 0.2) is 0 Å².